The number of carbonyl (C=O) groups is 2. The molecule has 0 heterocycles. The topological polar surface area (TPSA) is 114 Å². The number of nitriles is 1. The predicted octanol–water partition coefficient (Wildman–Crippen LogP) is 4.86. The molecule has 0 aliphatic carbocycles. The molecule has 8 heteroatoms. The Balaban J connectivity index is 1.96. The van der Waals surface area contributed by atoms with Gasteiger partial charge < -0.3 is 9.64 Å². The first kappa shape index (κ1) is 23.2. The van der Waals surface area contributed by atoms with Gasteiger partial charge in [0.1, 0.15) is 5.69 Å². The van der Waals surface area contributed by atoms with Gasteiger partial charge in [0.05, 0.1) is 35.3 Å². The molecule has 0 aliphatic heterocycles. The Hall–Kier alpha value is -4.51. The normalized spacial score (nSPS) is 10.2. The van der Waals surface area contributed by atoms with Crippen LogP contribution in [0.25, 0.3) is 11.1 Å². The highest BCUT2D eigenvalue weighted by Gasteiger charge is 2.25. The van der Waals surface area contributed by atoms with E-state index in [0.717, 1.165) is 16.7 Å². The van der Waals surface area contributed by atoms with Crippen LogP contribution in [0.15, 0.2) is 66.7 Å². The molecular formula is C25H21N3O5. The van der Waals surface area contributed by atoms with Crippen LogP contribution in [-0.4, -0.2) is 23.4 Å². The number of nitrogens with zero attached hydrogens (tertiary/aromatic N) is 3. The van der Waals surface area contributed by atoms with Crippen molar-refractivity contribution in [3.05, 3.63) is 93.5 Å². The maximum absolute atomic E-state index is 12.5. The zero-order chi connectivity index (χ0) is 24.0. The molecule has 3 aromatic rings. The molecule has 0 N–H and O–H groups in total. The molecule has 3 rings (SSSR count). The van der Waals surface area contributed by atoms with Crippen molar-refractivity contribution in [3.8, 4) is 17.2 Å². The minimum atomic E-state index is -0.627. The maximum atomic E-state index is 12.5. The van der Waals surface area contributed by atoms with E-state index in [9.17, 15) is 25.0 Å². The molecule has 8 nitrogen and oxygen atoms in total. The molecule has 0 atom stereocenters. The number of anilines is 1. The van der Waals surface area contributed by atoms with E-state index in [1.165, 1.54) is 30.0 Å². The SMILES string of the molecule is CCOC(=O)c1ccc([N+](=O)[O-])c(N(Cc2ccc(-c3ccccc3C#N)cc2)C(C)=O)c1. The van der Waals surface area contributed by atoms with Crippen molar-refractivity contribution >= 4 is 23.3 Å². The third-order valence-corrected chi connectivity index (χ3v) is 5.01. The van der Waals surface area contributed by atoms with E-state index in [0.29, 0.717) is 5.56 Å². The Morgan fingerprint density at radius 3 is 2.39 bits per heavy atom. The molecule has 3 aromatic carbocycles. The quantitative estimate of drug-likeness (QED) is 0.293. The van der Waals surface area contributed by atoms with Crippen molar-refractivity contribution in [1.29, 1.82) is 5.26 Å². The van der Waals surface area contributed by atoms with Crippen LogP contribution in [0.5, 0.6) is 0 Å². The van der Waals surface area contributed by atoms with Gasteiger partial charge in [-0.2, -0.15) is 5.26 Å². The molecule has 0 aromatic heterocycles. The number of nitro groups is 1. The fourth-order valence-electron chi connectivity index (χ4n) is 3.41. The number of esters is 1. The Labute approximate surface area is 190 Å². The van der Waals surface area contributed by atoms with Gasteiger partial charge in [-0.3, -0.25) is 14.9 Å². The second-order valence-electron chi connectivity index (χ2n) is 7.14. The molecule has 0 fully saturated rings. The van der Waals surface area contributed by atoms with E-state index in [4.69, 9.17) is 4.74 Å². The molecule has 1 amide bonds. The second-order valence-corrected chi connectivity index (χ2v) is 7.14. The molecule has 0 aliphatic rings. The van der Waals surface area contributed by atoms with Gasteiger partial charge >= 0.3 is 5.97 Å². The van der Waals surface area contributed by atoms with E-state index in [1.807, 2.05) is 24.3 Å². The minimum Gasteiger partial charge on any atom is -0.462 e. The lowest BCUT2D eigenvalue weighted by atomic mass is 9.99. The predicted molar refractivity (Wildman–Crippen MR) is 123 cm³/mol. The standard InChI is InChI=1S/C25H21N3O5/c1-3-33-25(30)20-12-13-23(28(31)32)24(14-20)27(17(2)29)16-18-8-10-19(11-9-18)22-7-5-4-6-21(22)15-26/h4-14H,3,16H2,1-2H3. The largest absolute Gasteiger partial charge is 0.462 e. The van der Waals surface area contributed by atoms with Gasteiger partial charge in [0.2, 0.25) is 5.91 Å². The smallest absolute Gasteiger partial charge is 0.338 e. The van der Waals surface area contributed by atoms with Gasteiger partial charge in [0.25, 0.3) is 5.69 Å². The summed E-state index contributed by atoms with van der Waals surface area (Å²) in [7, 11) is 0. The van der Waals surface area contributed by atoms with E-state index in [-0.39, 0.29) is 30.1 Å². The van der Waals surface area contributed by atoms with Crippen LogP contribution >= 0.6 is 0 Å². The van der Waals surface area contributed by atoms with Gasteiger partial charge in [-0.05, 0) is 41.8 Å². The molecule has 33 heavy (non-hydrogen) atoms. The zero-order valence-electron chi connectivity index (χ0n) is 18.1. The number of ether oxygens (including phenoxy) is 1. The van der Waals surface area contributed by atoms with Crippen molar-refractivity contribution in [2.75, 3.05) is 11.5 Å². The van der Waals surface area contributed by atoms with Crippen molar-refractivity contribution < 1.29 is 19.2 Å². The van der Waals surface area contributed by atoms with E-state index in [1.54, 1.807) is 31.2 Å². The van der Waals surface area contributed by atoms with Gasteiger partial charge in [0.15, 0.2) is 0 Å². The molecule has 0 unspecified atom stereocenters. The molecule has 0 radical (unpaired) electrons. The summed E-state index contributed by atoms with van der Waals surface area (Å²) >= 11 is 0. The van der Waals surface area contributed by atoms with Crippen LogP contribution in [0.1, 0.15) is 35.3 Å². The van der Waals surface area contributed by atoms with Crippen molar-refractivity contribution in [1.82, 2.24) is 0 Å². The van der Waals surface area contributed by atoms with Crippen LogP contribution in [0.2, 0.25) is 0 Å². The van der Waals surface area contributed by atoms with Crippen LogP contribution in [0.3, 0.4) is 0 Å². The van der Waals surface area contributed by atoms with Crippen LogP contribution in [-0.2, 0) is 16.1 Å². The third kappa shape index (κ3) is 5.22. The van der Waals surface area contributed by atoms with Gasteiger partial charge in [-0.25, -0.2) is 4.79 Å². The molecule has 0 spiro atoms. The summed E-state index contributed by atoms with van der Waals surface area (Å²) in [6, 6.07) is 20.4. The number of amides is 1. The zero-order valence-corrected chi connectivity index (χ0v) is 18.1. The highest BCUT2D eigenvalue weighted by molar-refractivity contribution is 5.97. The molecule has 166 valence electrons. The van der Waals surface area contributed by atoms with Crippen molar-refractivity contribution in [3.63, 3.8) is 0 Å². The number of rotatable bonds is 7. The summed E-state index contributed by atoms with van der Waals surface area (Å²) in [5, 5.41) is 20.9. The van der Waals surface area contributed by atoms with Gasteiger partial charge in [-0.1, -0.05) is 42.5 Å². The monoisotopic (exact) mass is 443 g/mol. The van der Waals surface area contributed by atoms with E-state index >= 15 is 0 Å². The van der Waals surface area contributed by atoms with E-state index in [2.05, 4.69) is 6.07 Å². The van der Waals surface area contributed by atoms with Crippen LogP contribution in [0.4, 0.5) is 11.4 Å². The third-order valence-electron chi connectivity index (χ3n) is 5.01. The first-order valence-electron chi connectivity index (χ1n) is 10.2. The Kier molecular flexibility index (Phi) is 7.16. The Bertz CT molecular complexity index is 1250. The fourth-order valence-corrected chi connectivity index (χ4v) is 3.41. The average molecular weight is 443 g/mol. The summed E-state index contributed by atoms with van der Waals surface area (Å²) in [6.07, 6.45) is 0. The number of hydrogen-bond acceptors (Lipinski definition) is 6. The first-order chi connectivity index (χ1) is 15.8. The highest BCUT2D eigenvalue weighted by Crippen LogP contribution is 2.32. The Morgan fingerprint density at radius 2 is 1.79 bits per heavy atom. The number of hydrogen-bond donors (Lipinski definition) is 0. The lowest BCUT2D eigenvalue weighted by Crippen LogP contribution is -2.28. The molecule has 0 bridgehead atoms. The molecule has 0 saturated carbocycles. The van der Waals surface area contributed by atoms with Crippen LogP contribution in [0, 0.1) is 21.4 Å². The number of nitro benzene ring substituents is 1. The lowest BCUT2D eigenvalue weighted by Gasteiger charge is -2.22. The minimum absolute atomic E-state index is 0.0111. The average Bonchev–Trinajstić information content (AvgIpc) is 2.82. The number of benzene rings is 3. The summed E-state index contributed by atoms with van der Waals surface area (Å²) in [4.78, 5) is 36.8. The second kappa shape index (κ2) is 10.2. The van der Waals surface area contributed by atoms with E-state index < -0.39 is 16.8 Å². The Morgan fingerprint density at radius 1 is 1.09 bits per heavy atom. The van der Waals surface area contributed by atoms with Crippen LogP contribution < -0.4 is 4.90 Å². The van der Waals surface area contributed by atoms with Gasteiger partial charge in [0, 0.05) is 13.0 Å². The molecule has 0 saturated heterocycles. The van der Waals surface area contributed by atoms with Crippen molar-refractivity contribution in [2.24, 2.45) is 0 Å². The van der Waals surface area contributed by atoms with Crippen molar-refractivity contribution in [2.45, 2.75) is 20.4 Å². The lowest BCUT2D eigenvalue weighted by molar-refractivity contribution is -0.384. The summed E-state index contributed by atoms with van der Waals surface area (Å²) in [6.45, 7) is 3.18. The number of carbonyl (C=O) groups excluding carboxylic acids is 2. The molecular weight excluding hydrogens is 422 g/mol. The fraction of sp³-hybridized carbons (Fsp3) is 0.160. The summed E-state index contributed by atoms with van der Waals surface area (Å²) < 4.78 is 4.98. The highest BCUT2D eigenvalue weighted by atomic mass is 16.6. The van der Waals surface area contributed by atoms with Gasteiger partial charge in [-0.15, -0.1) is 0 Å². The first-order valence-corrected chi connectivity index (χ1v) is 10.2. The maximum Gasteiger partial charge on any atom is 0.338 e. The summed E-state index contributed by atoms with van der Waals surface area (Å²) in [5.41, 5.74) is 2.72. The summed E-state index contributed by atoms with van der Waals surface area (Å²) in [5.74, 6) is -1.05.